The Bertz CT molecular complexity index is 1170. The summed E-state index contributed by atoms with van der Waals surface area (Å²) in [6.07, 6.45) is 2.65. The molecule has 1 fully saturated rings. The average molecular weight is 402 g/mol. The van der Waals surface area contributed by atoms with Crippen LogP contribution in [-0.4, -0.2) is 28.7 Å². The molecular weight excluding hydrogens is 380 g/mol. The summed E-state index contributed by atoms with van der Waals surface area (Å²) in [6.45, 7) is 3.05. The number of hydrogen-bond acceptors (Lipinski definition) is 4. The van der Waals surface area contributed by atoms with E-state index >= 15 is 0 Å². The molecule has 0 aliphatic carbocycles. The van der Waals surface area contributed by atoms with Crippen molar-refractivity contribution in [3.63, 3.8) is 0 Å². The molecule has 0 N–H and O–H groups in total. The Balaban J connectivity index is 1.43. The molecule has 0 saturated carbocycles. The van der Waals surface area contributed by atoms with Crippen molar-refractivity contribution < 1.29 is 14.3 Å². The van der Waals surface area contributed by atoms with Crippen LogP contribution >= 0.6 is 0 Å². The van der Waals surface area contributed by atoms with Crippen LogP contribution in [0.25, 0.3) is 0 Å². The Morgan fingerprint density at radius 3 is 2.63 bits per heavy atom. The van der Waals surface area contributed by atoms with Gasteiger partial charge in [-0.05, 0) is 48.2 Å². The second-order valence-electron chi connectivity index (χ2n) is 7.71. The highest BCUT2D eigenvalue weighted by Gasteiger charge is 2.35. The zero-order chi connectivity index (χ0) is 20.7. The van der Waals surface area contributed by atoms with E-state index in [1.54, 1.807) is 15.7 Å². The number of amides is 1. The second kappa shape index (κ2) is 7.37. The summed E-state index contributed by atoms with van der Waals surface area (Å²) in [5.74, 6) is 1.18. The Kier molecular flexibility index (Phi) is 4.54. The zero-order valence-corrected chi connectivity index (χ0v) is 16.7. The van der Waals surface area contributed by atoms with Crippen LogP contribution in [-0.2, 0) is 6.54 Å². The number of carbonyl (C=O) groups excluding carboxylic acids is 1. The average Bonchev–Trinajstić information content (AvgIpc) is 3.18. The van der Waals surface area contributed by atoms with Gasteiger partial charge in [0, 0.05) is 12.7 Å². The summed E-state index contributed by atoms with van der Waals surface area (Å²) in [5, 5.41) is 0. The first-order chi connectivity index (χ1) is 14.6. The topological polar surface area (TPSA) is 60.8 Å². The molecule has 0 radical (unpaired) electrons. The molecule has 2 aliphatic heterocycles. The van der Waals surface area contributed by atoms with E-state index in [2.05, 4.69) is 0 Å². The third-order valence-electron chi connectivity index (χ3n) is 5.84. The molecule has 5 rings (SSSR count). The summed E-state index contributed by atoms with van der Waals surface area (Å²) in [4.78, 5) is 28.3. The summed E-state index contributed by atoms with van der Waals surface area (Å²) < 4.78 is 12.3. The van der Waals surface area contributed by atoms with Crippen LogP contribution in [0.3, 0.4) is 0 Å². The Morgan fingerprint density at radius 1 is 1.07 bits per heavy atom. The van der Waals surface area contributed by atoms with Gasteiger partial charge in [0.15, 0.2) is 11.5 Å². The lowest BCUT2D eigenvalue weighted by Gasteiger charge is -2.41. The predicted molar refractivity (Wildman–Crippen MR) is 112 cm³/mol. The maximum atomic E-state index is 13.3. The van der Waals surface area contributed by atoms with E-state index in [1.807, 2.05) is 61.5 Å². The highest BCUT2D eigenvalue weighted by atomic mass is 16.7. The molecule has 1 saturated heterocycles. The molecule has 30 heavy (non-hydrogen) atoms. The highest BCUT2D eigenvalue weighted by molar-refractivity contribution is 5.96. The van der Waals surface area contributed by atoms with Gasteiger partial charge in [-0.1, -0.05) is 36.4 Å². The number of fused-ring (bicyclic) bond motifs is 1. The van der Waals surface area contributed by atoms with Gasteiger partial charge in [-0.25, -0.2) is 0 Å². The molecule has 0 bridgehead atoms. The monoisotopic (exact) mass is 402 g/mol. The van der Waals surface area contributed by atoms with Gasteiger partial charge in [0.05, 0.1) is 12.6 Å². The number of rotatable bonds is 4. The van der Waals surface area contributed by atoms with Crippen molar-refractivity contribution in [1.82, 2.24) is 9.47 Å². The molecule has 0 spiro atoms. The lowest BCUT2D eigenvalue weighted by molar-refractivity contribution is 0.0457. The Morgan fingerprint density at radius 2 is 1.87 bits per heavy atom. The zero-order valence-electron chi connectivity index (χ0n) is 16.7. The highest BCUT2D eigenvalue weighted by Crippen LogP contribution is 2.34. The molecule has 1 amide bonds. The molecule has 6 heteroatoms. The van der Waals surface area contributed by atoms with Gasteiger partial charge >= 0.3 is 0 Å². The van der Waals surface area contributed by atoms with Gasteiger partial charge in [-0.2, -0.15) is 0 Å². The van der Waals surface area contributed by atoms with E-state index in [0.29, 0.717) is 30.2 Å². The van der Waals surface area contributed by atoms with Gasteiger partial charge in [-0.3, -0.25) is 9.59 Å². The van der Waals surface area contributed by atoms with E-state index in [1.165, 1.54) is 0 Å². The molecule has 1 unspecified atom stereocenters. The standard InChI is InChI=1S/C24H22N2O4/c1-16-9-11-25(14-17-7-8-20-21(13-17)30-15-29-20)23(27)22(16)24(28)26-12-10-19(26)18-5-3-2-4-6-18/h2-9,11,13,19H,10,12,14-15H2,1H3. The van der Waals surface area contributed by atoms with E-state index in [0.717, 1.165) is 17.5 Å². The maximum absolute atomic E-state index is 13.3. The fourth-order valence-corrected chi connectivity index (χ4v) is 4.08. The van der Waals surface area contributed by atoms with Crippen molar-refractivity contribution in [1.29, 1.82) is 0 Å². The number of hydrogen-bond donors (Lipinski definition) is 0. The maximum Gasteiger partial charge on any atom is 0.263 e. The van der Waals surface area contributed by atoms with Gasteiger partial charge in [0.1, 0.15) is 5.56 Å². The number of aryl methyl sites for hydroxylation is 1. The van der Waals surface area contributed by atoms with Crippen LogP contribution in [0.2, 0.25) is 0 Å². The first-order valence-electron chi connectivity index (χ1n) is 10.1. The fraction of sp³-hybridized carbons (Fsp3) is 0.250. The number of nitrogens with zero attached hydrogens (tertiary/aromatic N) is 2. The van der Waals surface area contributed by atoms with E-state index in [-0.39, 0.29) is 29.9 Å². The van der Waals surface area contributed by atoms with Crippen molar-refractivity contribution in [3.8, 4) is 11.5 Å². The number of likely N-dealkylation sites (tertiary alicyclic amines) is 1. The summed E-state index contributed by atoms with van der Waals surface area (Å²) >= 11 is 0. The predicted octanol–water partition coefficient (Wildman–Crippen LogP) is 3.52. The summed E-state index contributed by atoms with van der Waals surface area (Å²) in [5.41, 5.74) is 2.70. The SMILES string of the molecule is Cc1ccn(Cc2ccc3c(c2)OCO3)c(=O)c1C(=O)N1CCC1c1ccccc1. The van der Waals surface area contributed by atoms with Crippen molar-refractivity contribution in [2.24, 2.45) is 0 Å². The van der Waals surface area contributed by atoms with Crippen molar-refractivity contribution in [3.05, 3.63) is 93.4 Å². The number of aromatic nitrogens is 1. The van der Waals surface area contributed by atoms with Crippen molar-refractivity contribution in [2.75, 3.05) is 13.3 Å². The van der Waals surface area contributed by atoms with Crippen LogP contribution in [0, 0.1) is 6.92 Å². The molecule has 1 atom stereocenters. The lowest BCUT2D eigenvalue weighted by Crippen LogP contribution is -2.47. The molecule has 3 heterocycles. The fourth-order valence-electron chi connectivity index (χ4n) is 4.08. The third kappa shape index (κ3) is 3.14. The minimum absolute atomic E-state index is 0.0278. The molecule has 152 valence electrons. The summed E-state index contributed by atoms with van der Waals surface area (Å²) in [6, 6.07) is 17.4. The molecule has 1 aromatic heterocycles. The number of carbonyl (C=O) groups is 1. The first-order valence-corrected chi connectivity index (χ1v) is 10.1. The third-order valence-corrected chi connectivity index (χ3v) is 5.84. The van der Waals surface area contributed by atoms with Crippen molar-refractivity contribution >= 4 is 5.91 Å². The minimum Gasteiger partial charge on any atom is -0.454 e. The van der Waals surface area contributed by atoms with E-state index in [4.69, 9.17) is 9.47 Å². The molecule has 2 aromatic carbocycles. The van der Waals surface area contributed by atoms with Crippen molar-refractivity contribution in [2.45, 2.75) is 25.9 Å². The van der Waals surface area contributed by atoms with E-state index in [9.17, 15) is 9.59 Å². The number of benzene rings is 2. The van der Waals surface area contributed by atoms with Crippen LogP contribution < -0.4 is 15.0 Å². The molecule has 2 aliphatic rings. The van der Waals surface area contributed by atoms with Gasteiger partial charge in [-0.15, -0.1) is 0 Å². The number of ether oxygens (including phenoxy) is 2. The number of pyridine rings is 1. The quantitative estimate of drug-likeness (QED) is 0.670. The Labute approximate surface area is 174 Å². The van der Waals surface area contributed by atoms with Crippen LogP contribution in [0.4, 0.5) is 0 Å². The lowest BCUT2D eigenvalue weighted by atomic mass is 9.93. The minimum atomic E-state index is -0.267. The Hall–Kier alpha value is -3.54. The van der Waals surface area contributed by atoms with Crippen LogP contribution in [0.5, 0.6) is 11.5 Å². The van der Waals surface area contributed by atoms with Crippen LogP contribution in [0.1, 0.15) is 39.5 Å². The summed E-state index contributed by atoms with van der Waals surface area (Å²) in [7, 11) is 0. The smallest absolute Gasteiger partial charge is 0.263 e. The molecule has 3 aromatic rings. The van der Waals surface area contributed by atoms with Crippen LogP contribution in [0.15, 0.2) is 65.6 Å². The normalized spacial score (nSPS) is 17.0. The largest absolute Gasteiger partial charge is 0.454 e. The first kappa shape index (κ1) is 18.5. The second-order valence-corrected chi connectivity index (χ2v) is 7.71. The van der Waals surface area contributed by atoms with Gasteiger partial charge in [0.25, 0.3) is 11.5 Å². The van der Waals surface area contributed by atoms with Gasteiger partial charge in [0.2, 0.25) is 6.79 Å². The molecule has 6 nitrogen and oxygen atoms in total. The van der Waals surface area contributed by atoms with E-state index < -0.39 is 0 Å². The molecular formula is C24H22N2O4. The van der Waals surface area contributed by atoms with Gasteiger partial charge < -0.3 is 18.9 Å².